The van der Waals surface area contributed by atoms with Gasteiger partial charge in [-0.05, 0) is 36.5 Å². The van der Waals surface area contributed by atoms with Gasteiger partial charge in [0.15, 0.2) is 0 Å². The molecule has 0 N–H and O–H groups in total. The molecule has 3 atom stereocenters. The van der Waals surface area contributed by atoms with Crippen LogP contribution in [0, 0.1) is 23.7 Å². The molecule has 0 amide bonds. The highest BCUT2D eigenvalue weighted by molar-refractivity contribution is 4.81. The van der Waals surface area contributed by atoms with E-state index in [4.69, 9.17) is 0 Å². The fourth-order valence-corrected chi connectivity index (χ4v) is 3.46. The maximum atomic E-state index is 2.51. The van der Waals surface area contributed by atoms with Crippen molar-refractivity contribution >= 4 is 0 Å². The van der Waals surface area contributed by atoms with E-state index >= 15 is 0 Å². The summed E-state index contributed by atoms with van der Waals surface area (Å²) in [5.74, 6) is 4.23. The SMILES string of the molecule is CC(CC1CCC1C)C1CCCCC1. The predicted octanol–water partition coefficient (Wildman–Crippen LogP) is 4.64. The van der Waals surface area contributed by atoms with Crippen molar-refractivity contribution in [3.8, 4) is 0 Å². The Morgan fingerprint density at radius 3 is 2.21 bits per heavy atom. The average Bonchev–Trinajstić information content (AvgIpc) is 2.24. The smallest absolute Gasteiger partial charge is 0.0386 e. The van der Waals surface area contributed by atoms with Crippen LogP contribution >= 0.6 is 0 Å². The molecule has 0 aromatic rings. The molecule has 0 heterocycles. The van der Waals surface area contributed by atoms with Crippen LogP contribution in [-0.2, 0) is 0 Å². The highest BCUT2D eigenvalue weighted by Crippen LogP contribution is 2.41. The summed E-state index contributed by atoms with van der Waals surface area (Å²) < 4.78 is 0. The summed E-state index contributed by atoms with van der Waals surface area (Å²) >= 11 is 0. The van der Waals surface area contributed by atoms with Gasteiger partial charge in [0.25, 0.3) is 0 Å². The lowest BCUT2D eigenvalue weighted by Crippen LogP contribution is -2.27. The van der Waals surface area contributed by atoms with E-state index in [-0.39, 0.29) is 0 Å². The molecule has 0 aromatic carbocycles. The lowest BCUT2D eigenvalue weighted by Gasteiger charge is -2.38. The van der Waals surface area contributed by atoms with Crippen LogP contribution in [0.15, 0.2) is 0 Å². The highest BCUT2D eigenvalue weighted by atomic mass is 14.4. The summed E-state index contributed by atoms with van der Waals surface area (Å²) in [5.41, 5.74) is 0. The van der Waals surface area contributed by atoms with Crippen LogP contribution in [-0.4, -0.2) is 0 Å². The third-order valence-electron chi connectivity index (χ3n) is 4.93. The van der Waals surface area contributed by atoms with Gasteiger partial charge in [-0.25, -0.2) is 0 Å². The van der Waals surface area contributed by atoms with Crippen LogP contribution < -0.4 is 0 Å². The third kappa shape index (κ3) is 2.32. The molecule has 0 radical (unpaired) electrons. The molecular weight excluding hydrogens is 168 g/mol. The van der Waals surface area contributed by atoms with Crippen LogP contribution in [0.5, 0.6) is 0 Å². The zero-order chi connectivity index (χ0) is 9.97. The quantitative estimate of drug-likeness (QED) is 0.614. The topological polar surface area (TPSA) is 0 Å². The monoisotopic (exact) mass is 194 g/mol. The second kappa shape index (κ2) is 4.68. The Morgan fingerprint density at radius 1 is 1.00 bits per heavy atom. The van der Waals surface area contributed by atoms with Gasteiger partial charge in [0, 0.05) is 0 Å². The van der Waals surface area contributed by atoms with Gasteiger partial charge in [0.1, 0.15) is 0 Å². The van der Waals surface area contributed by atoms with Crippen molar-refractivity contribution in [3.05, 3.63) is 0 Å². The fourth-order valence-electron chi connectivity index (χ4n) is 3.46. The van der Waals surface area contributed by atoms with Gasteiger partial charge in [-0.1, -0.05) is 52.4 Å². The first-order chi connectivity index (χ1) is 6.77. The minimum Gasteiger partial charge on any atom is -0.0622 e. The Hall–Kier alpha value is 0. The summed E-state index contributed by atoms with van der Waals surface area (Å²) in [6, 6.07) is 0. The molecule has 14 heavy (non-hydrogen) atoms. The summed E-state index contributed by atoms with van der Waals surface area (Å²) in [7, 11) is 0. The van der Waals surface area contributed by atoms with Gasteiger partial charge in [0.05, 0.1) is 0 Å². The Balaban J connectivity index is 1.73. The molecule has 0 saturated heterocycles. The molecule has 82 valence electrons. The van der Waals surface area contributed by atoms with Gasteiger partial charge in [-0.15, -0.1) is 0 Å². The third-order valence-corrected chi connectivity index (χ3v) is 4.93. The Kier molecular flexibility index (Phi) is 3.52. The number of rotatable bonds is 3. The van der Waals surface area contributed by atoms with Crippen LogP contribution in [0.1, 0.15) is 65.2 Å². The maximum absolute atomic E-state index is 2.51. The van der Waals surface area contributed by atoms with Gasteiger partial charge >= 0.3 is 0 Å². The molecule has 0 aliphatic heterocycles. The van der Waals surface area contributed by atoms with E-state index in [1.807, 2.05) is 0 Å². The van der Waals surface area contributed by atoms with Crippen molar-refractivity contribution < 1.29 is 0 Å². The van der Waals surface area contributed by atoms with Crippen molar-refractivity contribution in [1.29, 1.82) is 0 Å². The molecule has 0 nitrogen and oxygen atoms in total. The van der Waals surface area contributed by atoms with E-state index in [1.165, 1.54) is 51.4 Å². The maximum Gasteiger partial charge on any atom is -0.0386 e. The summed E-state index contributed by atoms with van der Waals surface area (Å²) in [6.45, 7) is 4.96. The molecule has 2 fully saturated rings. The summed E-state index contributed by atoms with van der Waals surface area (Å²) in [5, 5.41) is 0. The molecule has 2 saturated carbocycles. The first-order valence-electron chi connectivity index (χ1n) is 6.77. The van der Waals surface area contributed by atoms with Gasteiger partial charge < -0.3 is 0 Å². The normalized spacial score (nSPS) is 36.4. The van der Waals surface area contributed by atoms with E-state index in [0.717, 1.165) is 23.7 Å². The second-order valence-electron chi connectivity index (χ2n) is 5.93. The Morgan fingerprint density at radius 2 is 1.71 bits per heavy atom. The zero-order valence-corrected chi connectivity index (χ0v) is 9.97. The molecule has 2 aliphatic rings. The zero-order valence-electron chi connectivity index (χ0n) is 9.97. The first-order valence-corrected chi connectivity index (χ1v) is 6.77. The molecule has 2 aliphatic carbocycles. The fraction of sp³-hybridized carbons (Fsp3) is 1.00. The molecule has 0 aromatic heterocycles. The lowest BCUT2D eigenvalue weighted by molar-refractivity contribution is 0.128. The van der Waals surface area contributed by atoms with Crippen molar-refractivity contribution in [2.24, 2.45) is 23.7 Å². The van der Waals surface area contributed by atoms with Gasteiger partial charge in [-0.2, -0.15) is 0 Å². The standard InChI is InChI=1S/C14H26/c1-11-8-9-14(11)10-12(2)13-6-4-3-5-7-13/h11-14H,3-10H2,1-2H3. The van der Waals surface area contributed by atoms with E-state index < -0.39 is 0 Å². The van der Waals surface area contributed by atoms with Crippen molar-refractivity contribution in [2.75, 3.05) is 0 Å². The van der Waals surface area contributed by atoms with E-state index in [1.54, 1.807) is 0 Å². The van der Waals surface area contributed by atoms with Crippen LogP contribution in [0.25, 0.3) is 0 Å². The van der Waals surface area contributed by atoms with E-state index in [0.29, 0.717) is 0 Å². The minimum absolute atomic E-state index is 1.02. The number of hydrogen-bond donors (Lipinski definition) is 0. The molecule has 0 bridgehead atoms. The molecule has 0 spiro atoms. The lowest BCUT2D eigenvalue weighted by atomic mass is 9.67. The Labute approximate surface area is 89.5 Å². The predicted molar refractivity (Wildman–Crippen MR) is 62.2 cm³/mol. The van der Waals surface area contributed by atoms with Crippen LogP contribution in [0.3, 0.4) is 0 Å². The molecule has 2 rings (SSSR count). The first kappa shape index (κ1) is 10.5. The van der Waals surface area contributed by atoms with E-state index in [9.17, 15) is 0 Å². The van der Waals surface area contributed by atoms with Gasteiger partial charge in [0.2, 0.25) is 0 Å². The highest BCUT2D eigenvalue weighted by Gasteiger charge is 2.30. The summed E-state index contributed by atoms with van der Waals surface area (Å²) in [4.78, 5) is 0. The van der Waals surface area contributed by atoms with Gasteiger partial charge in [-0.3, -0.25) is 0 Å². The van der Waals surface area contributed by atoms with E-state index in [2.05, 4.69) is 13.8 Å². The van der Waals surface area contributed by atoms with Crippen LogP contribution in [0.2, 0.25) is 0 Å². The molecule has 0 heteroatoms. The summed E-state index contributed by atoms with van der Waals surface area (Å²) in [6.07, 6.45) is 12.1. The second-order valence-corrected chi connectivity index (χ2v) is 5.93. The largest absolute Gasteiger partial charge is 0.0622 e. The molecular formula is C14H26. The minimum atomic E-state index is 1.02. The number of hydrogen-bond acceptors (Lipinski definition) is 0. The van der Waals surface area contributed by atoms with Crippen molar-refractivity contribution in [3.63, 3.8) is 0 Å². The molecule has 3 unspecified atom stereocenters. The Bertz CT molecular complexity index is 167. The van der Waals surface area contributed by atoms with Crippen molar-refractivity contribution in [1.82, 2.24) is 0 Å². The average molecular weight is 194 g/mol. The van der Waals surface area contributed by atoms with Crippen molar-refractivity contribution in [2.45, 2.75) is 65.2 Å². The van der Waals surface area contributed by atoms with Crippen LogP contribution in [0.4, 0.5) is 0 Å².